The molecule has 2 N–H and O–H groups in total. The van der Waals surface area contributed by atoms with Gasteiger partial charge in [0.1, 0.15) is 6.26 Å². The van der Waals surface area contributed by atoms with Gasteiger partial charge in [0.05, 0.1) is 6.61 Å². The van der Waals surface area contributed by atoms with Gasteiger partial charge in [0.25, 0.3) is 0 Å². The molecule has 11 heteroatoms. The molecule has 0 aromatic rings. The molecule has 0 saturated heterocycles. The topological polar surface area (TPSA) is 137 Å². The first kappa shape index (κ1) is 48.1. The minimum atomic E-state index is -4.55. The number of unbranched alkanes of at least 4 members (excludes halogenated alkanes) is 24. The van der Waals surface area contributed by atoms with Crippen LogP contribution in [0.5, 0.6) is 0 Å². The molecular weight excluding hydrogens is 657 g/mol. The van der Waals surface area contributed by atoms with Crippen LogP contribution in [0.4, 0.5) is 0 Å². The first-order chi connectivity index (χ1) is 24.2. The van der Waals surface area contributed by atoms with Gasteiger partial charge in [-0.3, -0.25) is 23.8 Å². The third-order valence-corrected chi connectivity index (χ3v) is 9.52. The van der Waals surface area contributed by atoms with E-state index in [1.807, 2.05) is 0 Å². The van der Waals surface area contributed by atoms with E-state index < -0.39 is 26.4 Å². The fourth-order valence-corrected chi connectivity index (χ4v) is 6.26. The van der Waals surface area contributed by atoms with Crippen LogP contribution in [-0.4, -0.2) is 42.5 Å². The van der Waals surface area contributed by atoms with E-state index in [0.29, 0.717) is 12.8 Å². The van der Waals surface area contributed by atoms with Gasteiger partial charge < -0.3 is 19.3 Å². The van der Waals surface area contributed by atoms with Gasteiger partial charge in [-0.25, -0.2) is 4.57 Å². The van der Waals surface area contributed by atoms with E-state index in [0.717, 1.165) is 38.4 Å². The van der Waals surface area contributed by atoms with Gasteiger partial charge in [-0.2, -0.15) is 0 Å². The number of hydrogen-bond acceptors (Lipinski definition) is 8. The lowest BCUT2D eigenvalue weighted by molar-refractivity contribution is -0.148. The summed E-state index contributed by atoms with van der Waals surface area (Å²) in [4.78, 5) is 45.9. The fourth-order valence-electron chi connectivity index (χ4n) is 5.63. The van der Waals surface area contributed by atoms with Gasteiger partial charge in [0, 0.05) is 26.3 Å². The van der Waals surface area contributed by atoms with Crippen LogP contribution >= 0.6 is 7.82 Å². The Morgan fingerprint density at radius 2 is 0.980 bits per heavy atom. The van der Waals surface area contributed by atoms with Crippen molar-refractivity contribution in [3.8, 4) is 0 Å². The number of rotatable bonds is 37. The summed E-state index contributed by atoms with van der Waals surface area (Å²) < 4.78 is 32.6. The molecule has 50 heavy (non-hydrogen) atoms. The molecule has 10 nitrogen and oxygen atoms in total. The minimum absolute atomic E-state index is 0.0186. The number of carbonyl (C=O) groups is 3. The Balaban J connectivity index is 4.42. The average Bonchev–Trinajstić information content (AvgIpc) is 3.08. The second-order valence-electron chi connectivity index (χ2n) is 13.6. The van der Waals surface area contributed by atoms with Gasteiger partial charge in [-0.1, -0.05) is 168 Å². The van der Waals surface area contributed by atoms with Crippen LogP contribution < -0.4 is 5.32 Å². The van der Waals surface area contributed by atoms with Crippen molar-refractivity contribution < 1.29 is 42.4 Å². The Bertz CT molecular complexity index is 912. The van der Waals surface area contributed by atoms with Gasteiger partial charge in [0.2, 0.25) is 5.91 Å². The van der Waals surface area contributed by atoms with Gasteiger partial charge >= 0.3 is 19.8 Å². The molecule has 1 amide bonds. The monoisotopic (exact) mass is 732 g/mol. The van der Waals surface area contributed by atoms with E-state index in [1.54, 1.807) is 0 Å². The van der Waals surface area contributed by atoms with Crippen LogP contribution in [0.15, 0.2) is 12.0 Å². The summed E-state index contributed by atoms with van der Waals surface area (Å²) in [7, 11) is -4.55. The molecule has 0 saturated carbocycles. The number of hydrogen-bond donors (Lipinski definition) is 2. The Kier molecular flexibility index (Phi) is 34.2. The highest BCUT2D eigenvalue weighted by Crippen LogP contribution is 2.43. The molecule has 0 aliphatic rings. The number of nitrogens with one attached hydrogen (secondary N) is 1. The maximum atomic E-state index is 12.5. The molecule has 0 radical (unpaired) electrons. The average molecular weight is 732 g/mol. The fraction of sp³-hybridized carbons (Fsp3) is 0.872. The summed E-state index contributed by atoms with van der Waals surface area (Å²) in [5.74, 6) is -1.47. The van der Waals surface area contributed by atoms with Crippen LogP contribution in [0.3, 0.4) is 0 Å². The zero-order valence-corrected chi connectivity index (χ0v) is 33.1. The molecule has 0 aromatic carbocycles. The largest absolute Gasteiger partial charge is 0.527 e. The van der Waals surface area contributed by atoms with Crippen molar-refractivity contribution in [2.75, 3.05) is 19.8 Å². The number of phosphoric acid groups is 1. The second kappa shape index (κ2) is 35.5. The lowest BCUT2D eigenvalue weighted by Crippen LogP contribution is -2.24. The molecule has 0 heterocycles. The van der Waals surface area contributed by atoms with Crippen molar-refractivity contribution in [3.05, 3.63) is 12.0 Å². The maximum absolute atomic E-state index is 12.5. The maximum Gasteiger partial charge on any atom is 0.527 e. The molecule has 0 fully saturated rings. The highest BCUT2D eigenvalue weighted by Gasteiger charge is 2.22. The SMILES string of the molecule is CCCCCCCCCCCCCCCC(=O)OC/C(=C\OP(=O)(O)OCCNC(C)=O)OC(=O)CCCCCCCCCCCCCCC. The number of amides is 1. The number of phosphoric ester groups is 1. The summed E-state index contributed by atoms with van der Waals surface area (Å²) >= 11 is 0. The van der Waals surface area contributed by atoms with Crippen LogP contribution in [0, 0.1) is 0 Å². The number of ether oxygens (including phenoxy) is 2. The molecule has 1 unspecified atom stereocenters. The van der Waals surface area contributed by atoms with E-state index in [2.05, 4.69) is 19.2 Å². The van der Waals surface area contributed by atoms with Crippen molar-refractivity contribution in [1.82, 2.24) is 5.32 Å². The van der Waals surface area contributed by atoms with Gasteiger partial charge in [0.15, 0.2) is 12.4 Å². The van der Waals surface area contributed by atoms with Crippen LogP contribution in [-0.2, 0) is 37.5 Å². The summed E-state index contributed by atoms with van der Waals surface area (Å²) in [5, 5.41) is 2.44. The summed E-state index contributed by atoms with van der Waals surface area (Å²) in [6.45, 7) is 5.15. The predicted octanol–water partition coefficient (Wildman–Crippen LogP) is 11.1. The third kappa shape index (κ3) is 35.9. The molecule has 0 bridgehead atoms. The molecule has 0 aliphatic carbocycles. The Morgan fingerprint density at radius 3 is 1.38 bits per heavy atom. The Morgan fingerprint density at radius 1 is 0.600 bits per heavy atom. The molecule has 0 aliphatic heterocycles. The van der Waals surface area contributed by atoms with Crippen molar-refractivity contribution in [3.63, 3.8) is 0 Å². The highest BCUT2D eigenvalue weighted by molar-refractivity contribution is 7.47. The third-order valence-electron chi connectivity index (χ3n) is 8.64. The summed E-state index contributed by atoms with van der Waals surface area (Å²) in [5.41, 5.74) is 0. The van der Waals surface area contributed by atoms with E-state index in [9.17, 15) is 23.8 Å². The molecule has 0 aromatic heterocycles. The van der Waals surface area contributed by atoms with E-state index in [-0.39, 0.29) is 37.7 Å². The summed E-state index contributed by atoms with van der Waals surface area (Å²) in [6, 6.07) is 0. The van der Waals surface area contributed by atoms with Crippen molar-refractivity contribution >= 4 is 25.7 Å². The standard InChI is InChI=1S/C39H74NO9P/c1-4-6-8-10-12-14-16-18-20-22-24-26-28-30-38(42)46-34-37(35-48-50(44,45)47-33-32-40-36(3)41)49-39(43)31-29-27-25-23-21-19-17-15-13-11-9-7-5-2/h35H,4-34H2,1-3H3,(H,40,41)(H,44,45)/b37-35+. The smallest absolute Gasteiger partial charge is 0.457 e. The predicted molar refractivity (Wildman–Crippen MR) is 201 cm³/mol. The van der Waals surface area contributed by atoms with E-state index in [1.165, 1.54) is 129 Å². The molecular formula is C39H74NO9P. The lowest BCUT2D eigenvalue weighted by atomic mass is 10.0. The van der Waals surface area contributed by atoms with E-state index >= 15 is 0 Å². The number of carbonyl (C=O) groups excluding carboxylic acids is 3. The molecule has 1 atom stereocenters. The lowest BCUT2D eigenvalue weighted by Gasteiger charge is -2.13. The quantitative estimate of drug-likeness (QED) is 0.0277. The van der Waals surface area contributed by atoms with Crippen LogP contribution in [0.1, 0.15) is 201 Å². The highest BCUT2D eigenvalue weighted by atomic mass is 31.2. The van der Waals surface area contributed by atoms with Crippen molar-refractivity contribution in [1.29, 1.82) is 0 Å². The first-order valence-electron chi connectivity index (χ1n) is 20.2. The Hall–Kier alpha value is -1.90. The summed E-state index contributed by atoms with van der Waals surface area (Å²) in [6.07, 6.45) is 32.4. The van der Waals surface area contributed by atoms with Crippen LogP contribution in [0.2, 0.25) is 0 Å². The van der Waals surface area contributed by atoms with Crippen LogP contribution in [0.25, 0.3) is 0 Å². The first-order valence-corrected chi connectivity index (χ1v) is 21.6. The molecule has 0 rings (SSSR count). The minimum Gasteiger partial charge on any atom is -0.457 e. The second-order valence-corrected chi connectivity index (χ2v) is 15.0. The molecule has 0 spiro atoms. The number of esters is 2. The van der Waals surface area contributed by atoms with Gasteiger partial charge in [-0.05, 0) is 12.8 Å². The normalized spacial score (nSPS) is 12.8. The Labute approximate surface area is 305 Å². The van der Waals surface area contributed by atoms with E-state index in [4.69, 9.17) is 18.5 Å². The van der Waals surface area contributed by atoms with Gasteiger partial charge in [-0.15, -0.1) is 0 Å². The van der Waals surface area contributed by atoms with Crippen molar-refractivity contribution in [2.45, 2.75) is 201 Å². The molecule has 294 valence electrons. The zero-order valence-electron chi connectivity index (χ0n) is 32.2. The zero-order chi connectivity index (χ0) is 37.0. The van der Waals surface area contributed by atoms with Crippen molar-refractivity contribution in [2.24, 2.45) is 0 Å².